The van der Waals surface area contributed by atoms with E-state index in [1.165, 1.54) is 0 Å². The number of hydrogen-bond acceptors (Lipinski definition) is 3. The Balaban J connectivity index is 2.07. The predicted octanol–water partition coefficient (Wildman–Crippen LogP) is 3.38. The predicted molar refractivity (Wildman–Crippen MR) is 84.0 cm³/mol. The average Bonchev–Trinajstić information content (AvgIpc) is 2.48. The van der Waals surface area contributed by atoms with Gasteiger partial charge in [0.2, 0.25) is 0 Å². The number of thiocarbonyl (C=S) groups is 1. The lowest BCUT2D eigenvalue weighted by Gasteiger charge is -2.12. The molecule has 2 aromatic carbocycles. The Hall–Kier alpha value is -2.58. The van der Waals surface area contributed by atoms with E-state index in [-0.39, 0.29) is 0 Å². The van der Waals surface area contributed by atoms with E-state index in [4.69, 9.17) is 22.2 Å². The minimum Gasteiger partial charge on any atom is -0.497 e. The number of rotatable bonds is 3. The van der Waals surface area contributed by atoms with Gasteiger partial charge in [-0.2, -0.15) is 5.26 Å². The van der Waals surface area contributed by atoms with E-state index in [2.05, 4.69) is 16.7 Å². The van der Waals surface area contributed by atoms with Gasteiger partial charge in [-0.25, -0.2) is 0 Å². The second-order valence-electron chi connectivity index (χ2n) is 3.97. The van der Waals surface area contributed by atoms with Gasteiger partial charge in [0.1, 0.15) is 11.8 Å². The molecule has 0 saturated carbocycles. The summed E-state index contributed by atoms with van der Waals surface area (Å²) in [5.74, 6) is 0.746. The fourth-order valence-corrected chi connectivity index (χ4v) is 1.90. The summed E-state index contributed by atoms with van der Waals surface area (Å²) >= 11 is 5.23. The molecule has 0 aliphatic rings. The van der Waals surface area contributed by atoms with Crippen LogP contribution in [0.4, 0.5) is 11.4 Å². The molecule has 0 fully saturated rings. The molecule has 0 radical (unpaired) electrons. The van der Waals surface area contributed by atoms with Crippen LogP contribution in [0.1, 0.15) is 5.56 Å². The van der Waals surface area contributed by atoms with Crippen molar-refractivity contribution in [2.24, 2.45) is 0 Å². The maximum atomic E-state index is 9.02. The van der Waals surface area contributed by atoms with E-state index in [1.807, 2.05) is 36.4 Å². The molecule has 2 N–H and O–H groups in total. The lowest BCUT2D eigenvalue weighted by molar-refractivity contribution is 0.415. The number of benzene rings is 2. The average molecular weight is 283 g/mol. The Morgan fingerprint density at radius 3 is 2.70 bits per heavy atom. The molecule has 4 nitrogen and oxygen atoms in total. The van der Waals surface area contributed by atoms with Gasteiger partial charge in [-0.1, -0.05) is 18.2 Å². The van der Waals surface area contributed by atoms with Crippen molar-refractivity contribution >= 4 is 28.7 Å². The molecule has 0 unspecified atom stereocenters. The molecule has 2 aromatic rings. The van der Waals surface area contributed by atoms with Gasteiger partial charge in [0.05, 0.1) is 18.4 Å². The van der Waals surface area contributed by atoms with Crippen molar-refractivity contribution in [3.63, 3.8) is 0 Å². The minimum atomic E-state index is 0.418. The first-order valence-electron chi connectivity index (χ1n) is 5.94. The van der Waals surface area contributed by atoms with Gasteiger partial charge in [-0.15, -0.1) is 0 Å². The lowest BCUT2D eigenvalue weighted by Crippen LogP contribution is -2.19. The Labute approximate surface area is 123 Å². The quantitative estimate of drug-likeness (QED) is 0.846. The third-order valence-corrected chi connectivity index (χ3v) is 2.83. The van der Waals surface area contributed by atoms with Gasteiger partial charge < -0.3 is 15.4 Å². The monoisotopic (exact) mass is 283 g/mol. The molecule has 0 amide bonds. The smallest absolute Gasteiger partial charge is 0.175 e. The maximum Gasteiger partial charge on any atom is 0.175 e. The van der Waals surface area contributed by atoms with Gasteiger partial charge in [0.15, 0.2) is 5.11 Å². The second kappa shape index (κ2) is 6.55. The third-order valence-electron chi connectivity index (χ3n) is 2.62. The normalized spacial score (nSPS) is 9.40. The first-order chi connectivity index (χ1) is 9.72. The Morgan fingerprint density at radius 2 is 1.95 bits per heavy atom. The number of hydrogen-bond donors (Lipinski definition) is 2. The van der Waals surface area contributed by atoms with Gasteiger partial charge >= 0.3 is 0 Å². The van der Waals surface area contributed by atoms with Crippen LogP contribution in [-0.2, 0) is 0 Å². The molecule has 5 heteroatoms. The van der Waals surface area contributed by atoms with E-state index in [1.54, 1.807) is 19.2 Å². The number of anilines is 2. The van der Waals surface area contributed by atoms with Crippen LogP contribution in [0, 0.1) is 11.3 Å². The van der Waals surface area contributed by atoms with Crippen LogP contribution in [0.3, 0.4) is 0 Å². The molecule has 100 valence electrons. The summed E-state index contributed by atoms with van der Waals surface area (Å²) in [5, 5.41) is 15.5. The molecule has 20 heavy (non-hydrogen) atoms. The summed E-state index contributed by atoms with van der Waals surface area (Å²) in [5.41, 5.74) is 2.04. The molecule has 0 aliphatic carbocycles. The van der Waals surface area contributed by atoms with Gasteiger partial charge in [0.25, 0.3) is 0 Å². The van der Waals surface area contributed by atoms with Crippen molar-refractivity contribution in [1.29, 1.82) is 5.26 Å². The summed E-state index contributed by atoms with van der Waals surface area (Å²) < 4.78 is 5.14. The molecule has 0 spiro atoms. The van der Waals surface area contributed by atoms with Crippen molar-refractivity contribution < 1.29 is 4.74 Å². The largest absolute Gasteiger partial charge is 0.497 e. The van der Waals surface area contributed by atoms with Crippen LogP contribution in [-0.4, -0.2) is 12.2 Å². The number of nitrogens with zero attached hydrogens (tertiary/aromatic N) is 1. The zero-order chi connectivity index (χ0) is 14.4. The standard InChI is InChI=1S/C15H13N3OS/c1-19-13-7-4-6-12(9-13)17-15(20)18-14-8-3-2-5-11(14)10-16/h2-9H,1H3,(H2,17,18,20). The van der Waals surface area contributed by atoms with Crippen LogP contribution in [0.25, 0.3) is 0 Å². The summed E-state index contributed by atoms with van der Waals surface area (Å²) in [6.07, 6.45) is 0. The maximum absolute atomic E-state index is 9.02. The molecule has 0 bridgehead atoms. The lowest BCUT2D eigenvalue weighted by atomic mass is 10.2. The highest BCUT2D eigenvalue weighted by atomic mass is 32.1. The molecular weight excluding hydrogens is 270 g/mol. The minimum absolute atomic E-state index is 0.418. The molecule has 0 aromatic heterocycles. The SMILES string of the molecule is COc1cccc(NC(=S)Nc2ccccc2C#N)c1. The van der Waals surface area contributed by atoms with E-state index in [9.17, 15) is 0 Å². The molecule has 0 aliphatic heterocycles. The van der Waals surface area contributed by atoms with E-state index < -0.39 is 0 Å². The Morgan fingerprint density at radius 1 is 1.15 bits per heavy atom. The number of nitriles is 1. The van der Waals surface area contributed by atoms with Gasteiger partial charge in [0, 0.05) is 11.8 Å². The van der Waals surface area contributed by atoms with Gasteiger partial charge in [-0.05, 0) is 36.5 Å². The van der Waals surface area contributed by atoms with Crippen LogP contribution < -0.4 is 15.4 Å². The van der Waals surface area contributed by atoms with Crippen LogP contribution in [0.5, 0.6) is 5.75 Å². The zero-order valence-corrected chi connectivity index (χ0v) is 11.7. The second-order valence-corrected chi connectivity index (χ2v) is 4.38. The zero-order valence-electron chi connectivity index (χ0n) is 10.9. The molecule has 2 rings (SSSR count). The Bertz CT molecular complexity index is 664. The summed E-state index contributed by atoms with van der Waals surface area (Å²) in [6.45, 7) is 0. The number of methoxy groups -OCH3 is 1. The van der Waals surface area contributed by atoms with Crippen molar-refractivity contribution in [2.75, 3.05) is 17.7 Å². The van der Waals surface area contributed by atoms with Crippen LogP contribution in [0.2, 0.25) is 0 Å². The molecular formula is C15H13N3OS. The molecule has 0 saturated heterocycles. The number of para-hydroxylation sites is 1. The highest BCUT2D eigenvalue weighted by Gasteiger charge is 2.03. The first kappa shape index (κ1) is 13.8. The van der Waals surface area contributed by atoms with Gasteiger partial charge in [-0.3, -0.25) is 0 Å². The Kier molecular flexibility index (Phi) is 4.53. The third kappa shape index (κ3) is 3.46. The van der Waals surface area contributed by atoms with E-state index >= 15 is 0 Å². The molecule has 0 atom stereocenters. The number of ether oxygens (including phenoxy) is 1. The highest BCUT2D eigenvalue weighted by Crippen LogP contribution is 2.18. The molecule has 0 heterocycles. The fourth-order valence-electron chi connectivity index (χ4n) is 1.68. The summed E-state index contributed by atoms with van der Waals surface area (Å²) in [6, 6.07) is 16.7. The van der Waals surface area contributed by atoms with Crippen molar-refractivity contribution in [2.45, 2.75) is 0 Å². The van der Waals surface area contributed by atoms with Crippen molar-refractivity contribution in [3.05, 3.63) is 54.1 Å². The van der Waals surface area contributed by atoms with E-state index in [0.717, 1.165) is 11.4 Å². The topological polar surface area (TPSA) is 57.1 Å². The van der Waals surface area contributed by atoms with E-state index in [0.29, 0.717) is 16.4 Å². The first-order valence-corrected chi connectivity index (χ1v) is 6.35. The highest BCUT2D eigenvalue weighted by molar-refractivity contribution is 7.80. The van der Waals surface area contributed by atoms with Crippen LogP contribution in [0.15, 0.2) is 48.5 Å². The van der Waals surface area contributed by atoms with Crippen molar-refractivity contribution in [3.8, 4) is 11.8 Å². The summed E-state index contributed by atoms with van der Waals surface area (Å²) in [7, 11) is 1.61. The van der Waals surface area contributed by atoms with Crippen molar-refractivity contribution in [1.82, 2.24) is 0 Å². The summed E-state index contributed by atoms with van der Waals surface area (Å²) in [4.78, 5) is 0. The van der Waals surface area contributed by atoms with Crippen LogP contribution >= 0.6 is 12.2 Å². The fraction of sp³-hybridized carbons (Fsp3) is 0.0667. The number of nitrogens with one attached hydrogen (secondary N) is 2.